The second-order valence-corrected chi connectivity index (χ2v) is 8.56. The Hall–Kier alpha value is -4.35. The third kappa shape index (κ3) is 5.02. The van der Waals surface area contributed by atoms with E-state index in [1.165, 1.54) is 12.0 Å². The predicted molar refractivity (Wildman–Crippen MR) is 138 cm³/mol. The topological polar surface area (TPSA) is 154 Å². The van der Waals surface area contributed by atoms with Crippen molar-refractivity contribution in [3.63, 3.8) is 0 Å². The van der Waals surface area contributed by atoms with Crippen LogP contribution in [0.5, 0.6) is 0 Å². The Morgan fingerprint density at radius 3 is 2.58 bits per heavy atom. The van der Waals surface area contributed by atoms with E-state index >= 15 is 0 Å². The number of primary amides is 1. The average Bonchev–Trinajstić information content (AvgIpc) is 3.28. The number of ether oxygens (including phenoxy) is 1. The van der Waals surface area contributed by atoms with Crippen LogP contribution in [0.2, 0.25) is 0 Å². The number of benzene rings is 2. The fourth-order valence-electron chi connectivity index (χ4n) is 3.77. The van der Waals surface area contributed by atoms with Crippen molar-refractivity contribution in [1.82, 2.24) is 14.7 Å². The summed E-state index contributed by atoms with van der Waals surface area (Å²) in [7, 11) is 1.53. The lowest BCUT2D eigenvalue weighted by Crippen LogP contribution is -2.44. The summed E-state index contributed by atoms with van der Waals surface area (Å²) in [5.74, 6) is -1.86. The molecule has 0 radical (unpaired) electrons. The largest absolute Gasteiger partial charge is 0.395 e. The Balaban J connectivity index is 1.87. The Kier molecular flexibility index (Phi) is 7.52. The highest BCUT2D eigenvalue weighted by atomic mass is 32.1. The maximum absolute atomic E-state index is 14.0. The number of rotatable bonds is 9. The van der Waals surface area contributed by atoms with E-state index in [1.54, 1.807) is 54.7 Å². The first-order chi connectivity index (χ1) is 17.4. The van der Waals surface area contributed by atoms with Crippen LogP contribution in [0.1, 0.15) is 31.8 Å². The van der Waals surface area contributed by atoms with Crippen LogP contribution in [0.25, 0.3) is 10.9 Å². The molecular weight excluding hydrogens is 480 g/mol. The molecule has 0 bridgehead atoms. The number of amides is 3. The minimum Gasteiger partial charge on any atom is -0.395 e. The number of carbonyl (C=O) groups is 3. The van der Waals surface area contributed by atoms with E-state index < -0.39 is 23.8 Å². The van der Waals surface area contributed by atoms with Gasteiger partial charge in [0.05, 0.1) is 17.8 Å². The number of aromatic nitrogens is 2. The number of nitrogens with one attached hydrogen (secondary N) is 1. The van der Waals surface area contributed by atoms with E-state index in [-0.39, 0.29) is 22.8 Å². The Morgan fingerprint density at radius 2 is 1.89 bits per heavy atom. The highest BCUT2D eigenvalue weighted by molar-refractivity contribution is 7.09. The minimum atomic E-state index is -1.08. The van der Waals surface area contributed by atoms with Crippen molar-refractivity contribution in [2.24, 2.45) is 5.73 Å². The van der Waals surface area contributed by atoms with Crippen LogP contribution in [0.15, 0.2) is 66.9 Å². The lowest BCUT2D eigenvalue weighted by molar-refractivity contribution is -0.122. The second-order valence-electron chi connectivity index (χ2n) is 7.79. The first-order valence-corrected chi connectivity index (χ1v) is 11.7. The average molecular weight is 505 g/mol. The van der Waals surface area contributed by atoms with Crippen molar-refractivity contribution in [3.05, 3.63) is 83.0 Å². The van der Waals surface area contributed by atoms with Gasteiger partial charge in [-0.05, 0) is 47.4 Å². The van der Waals surface area contributed by atoms with E-state index in [0.29, 0.717) is 17.9 Å². The van der Waals surface area contributed by atoms with Gasteiger partial charge < -0.3 is 21.5 Å². The number of nitrogens with two attached hydrogens (primary N) is 2. The number of carbonyl (C=O) groups excluding carboxylic acids is 3. The number of hydrogen-bond donors (Lipinski definition) is 3. The van der Waals surface area contributed by atoms with E-state index in [0.717, 1.165) is 22.4 Å². The van der Waals surface area contributed by atoms with Crippen LogP contribution in [0.4, 0.5) is 11.4 Å². The first-order valence-electron chi connectivity index (χ1n) is 11.0. The van der Waals surface area contributed by atoms with Crippen molar-refractivity contribution in [2.45, 2.75) is 6.04 Å². The van der Waals surface area contributed by atoms with Crippen LogP contribution < -0.4 is 21.7 Å². The molecule has 0 aliphatic rings. The monoisotopic (exact) mass is 504 g/mol. The molecule has 2 heterocycles. The molecule has 0 aliphatic heterocycles. The van der Waals surface area contributed by atoms with Gasteiger partial charge in [-0.15, -0.1) is 0 Å². The number of methoxy groups -OCH3 is 1. The summed E-state index contributed by atoms with van der Waals surface area (Å²) in [6, 6.07) is 16.7. The van der Waals surface area contributed by atoms with E-state index in [1.807, 2.05) is 12.1 Å². The summed E-state index contributed by atoms with van der Waals surface area (Å²) in [4.78, 5) is 45.0. The molecule has 1 atom stereocenters. The maximum Gasteiger partial charge on any atom is 0.273 e. The highest BCUT2D eigenvalue weighted by Crippen LogP contribution is 2.33. The molecule has 4 aromatic rings. The summed E-state index contributed by atoms with van der Waals surface area (Å²) in [6.07, 6.45) is 1.68. The third-order valence-electron chi connectivity index (χ3n) is 5.46. The fourth-order valence-corrected chi connectivity index (χ4v) is 4.51. The van der Waals surface area contributed by atoms with E-state index in [2.05, 4.69) is 14.7 Å². The standard InChI is InChI=1S/C25H24N6O4S/c1-35-13-12-29-24(33)21(16-9-10-18-15(14-16)6-5-11-28-18)31(17-7-3-2-4-8-17)25(34)22-19(26)20(23(27)32)30-36-22/h2-11,14,21H,12-13,26H2,1H3,(H2,27,32)(H,29,33). The van der Waals surface area contributed by atoms with Gasteiger partial charge in [-0.1, -0.05) is 30.3 Å². The quantitative estimate of drug-likeness (QED) is 0.296. The SMILES string of the molecule is COCCNC(=O)C(c1ccc2ncccc2c1)N(C(=O)c1snc(C(N)=O)c1N)c1ccccc1. The number of pyridine rings is 1. The Bertz CT molecular complexity index is 1410. The minimum absolute atomic E-state index is 0.00444. The van der Waals surface area contributed by atoms with Crippen LogP contribution in [-0.2, 0) is 9.53 Å². The molecule has 5 N–H and O–H groups in total. The van der Waals surface area contributed by atoms with Crippen molar-refractivity contribution >= 4 is 51.5 Å². The zero-order chi connectivity index (χ0) is 25.7. The summed E-state index contributed by atoms with van der Waals surface area (Å²) in [5, 5.41) is 3.64. The Morgan fingerprint density at radius 1 is 1.11 bits per heavy atom. The van der Waals surface area contributed by atoms with Gasteiger partial charge in [-0.2, -0.15) is 4.37 Å². The van der Waals surface area contributed by atoms with Crippen LogP contribution in [-0.4, -0.2) is 47.3 Å². The van der Waals surface area contributed by atoms with Gasteiger partial charge in [0.1, 0.15) is 10.9 Å². The van der Waals surface area contributed by atoms with Gasteiger partial charge in [-0.3, -0.25) is 24.3 Å². The molecule has 2 aromatic carbocycles. The second kappa shape index (κ2) is 10.9. The molecule has 0 saturated carbocycles. The smallest absolute Gasteiger partial charge is 0.273 e. The number of anilines is 2. The van der Waals surface area contributed by atoms with Gasteiger partial charge in [-0.25, -0.2) is 0 Å². The van der Waals surface area contributed by atoms with Gasteiger partial charge in [0.2, 0.25) is 5.91 Å². The van der Waals surface area contributed by atoms with Gasteiger partial charge >= 0.3 is 0 Å². The van der Waals surface area contributed by atoms with Gasteiger partial charge in [0, 0.05) is 30.9 Å². The molecule has 0 spiro atoms. The lowest BCUT2D eigenvalue weighted by atomic mass is 10.0. The molecule has 0 aliphatic carbocycles. The van der Waals surface area contributed by atoms with Crippen LogP contribution in [0, 0.1) is 0 Å². The molecule has 3 amide bonds. The van der Waals surface area contributed by atoms with Crippen LogP contribution >= 0.6 is 11.5 Å². The maximum atomic E-state index is 14.0. The number of hydrogen-bond acceptors (Lipinski definition) is 8. The summed E-state index contributed by atoms with van der Waals surface area (Å²) >= 11 is 0.755. The number of para-hydroxylation sites is 1. The molecule has 4 rings (SSSR count). The first kappa shape index (κ1) is 24.8. The molecule has 0 saturated heterocycles. The van der Waals surface area contributed by atoms with Crippen LogP contribution in [0.3, 0.4) is 0 Å². The lowest BCUT2D eigenvalue weighted by Gasteiger charge is -2.31. The van der Waals surface area contributed by atoms with Gasteiger partial charge in [0.25, 0.3) is 11.8 Å². The molecule has 10 nitrogen and oxygen atoms in total. The highest BCUT2D eigenvalue weighted by Gasteiger charge is 2.36. The number of nitrogen functional groups attached to an aromatic ring is 1. The van der Waals surface area contributed by atoms with E-state index in [4.69, 9.17) is 16.2 Å². The summed E-state index contributed by atoms with van der Waals surface area (Å²) in [6.45, 7) is 0.537. The van der Waals surface area contributed by atoms with Crippen molar-refractivity contribution in [2.75, 3.05) is 30.9 Å². The van der Waals surface area contributed by atoms with Crippen molar-refractivity contribution < 1.29 is 19.1 Å². The Labute approximate surface area is 211 Å². The summed E-state index contributed by atoms with van der Waals surface area (Å²) < 4.78 is 9.03. The molecule has 184 valence electrons. The number of nitrogens with zero attached hydrogens (tertiary/aromatic N) is 3. The number of fused-ring (bicyclic) bond motifs is 1. The predicted octanol–water partition coefficient (Wildman–Crippen LogP) is 2.52. The molecule has 36 heavy (non-hydrogen) atoms. The van der Waals surface area contributed by atoms with Crippen molar-refractivity contribution in [3.8, 4) is 0 Å². The zero-order valence-corrected chi connectivity index (χ0v) is 20.2. The summed E-state index contributed by atoms with van der Waals surface area (Å²) in [5.41, 5.74) is 12.9. The molecule has 0 fully saturated rings. The van der Waals surface area contributed by atoms with E-state index in [9.17, 15) is 14.4 Å². The fraction of sp³-hybridized carbons (Fsp3) is 0.160. The molecule has 1 unspecified atom stereocenters. The zero-order valence-electron chi connectivity index (χ0n) is 19.4. The van der Waals surface area contributed by atoms with Crippen molar-refractivity contribution in [1.29, 1.82) is 0 Å². The van der Waals surface area contributed by atoms with Gasteiger partial charge in [0.15, 0.2) is 5.69 Å². The molecular formula is C25H24N6O4S. The molecule has 2 aromatic heterocycles. The molecule has 11 heteroatoms. The third-order valence-corrected chi connectivity index (χ3v) is 6.31. The normalized spacial score (nSPS) is 11.7.